The Balaban J connectivity index is 1.85. The van der Waals surface area contributed by atoms with Gasteiger partial charge in [0.25, 0.3) is 0 Å². The SMILES string of the molecule is CC(C)Cc1ccc(OCC#Cc2cccc(/C=N/OCC(=O)O)c2)cc1. The van der Waals surface area contributed by atoms with Crippen molar-refractivity contribution in [1.29, 1.82) is 0 Å². The van der Waals surface area contributed by atoms with E-state index in [1.807, 2.05) is 36.4 Å². The van der Waals surface area contributed by atoms with Gasteiger partial charge < -0.3 is 14.7 Å². The van der Waals surface area contributed by atoms with E-state index in [9.17, 15) is 4.79 Å². The van der Waals surface area contributed by atoms with Crippen LogP contribution < -0.4 is 4.74 Å². The van der Waals surface area contributed by atoms with Gasteiger partial charge in [-0.3, -0.25) is 0 Å². The van der Waals surface area contributed by atoms with Crippen molar-refractivity contribution in [2.24, 2.45) is 11.1 Å². The van der Waals surface area contributed by atoms with Crippen molar-refractivity contribution in [3.63, 3.8) is 0 Å². The first-order chi connectivity index (χ1) is 13.0. The van der Waals surface area contributed by atoms with Crippen LogP contribution in [-0.4, -0.2) is 30.5 Å². The highest BCUT2D eigenvalue weighted by molar-refractivity contribution is 5.79. The number of ether oxygens (including phenoxy) is 1. The van der Waals surface area contributed by atoms with E-state index in [0.717, 1.165) is 23.3 Å². The number of nitrogens with zero attached hydrogens (tertiary/aromatic N) is 1. The summed E-state index contributed by atoms with van der Waals surface area (Å²) in [6.45, 7) is 4.23. The molecule has 0 aliphatic heterocycles. The van der Waals surface area contributed by atoms with E-state index in [1.165, 1.54) is 11.8 Å². The maximum Gasteiger partial charge on any atom is 0.344 e. The third kappa shape index (κ3) is 8.10. The molecule has 0 heterocycles. The summed E-state index contributed by atoms with van der Waals surface area (Å²) in [7, 11) is 0. The molecule has 0 bridgehead atoms. The van der Waals surface area contributed by atoms with Gasteiger partial charge in [-0.15, -0.1) is 0 Å². The van der Waals surface area contributed by atoms with Gasteiger partial charge in [0.15, 0.2) is 0 Å². The number of carboxylic acid groups (broad SMARTS) is 1. The zero-order valence-corrected chi connectivity index (χ0v) is 15.5. The molecule has 0 aliphatic rings. The summed E-state index contributed by atoms with van der Waals surface area (Å²) < 4.78 is 5.64. The van der Waals surface area contributed by atoms with Crippen molar-refractivity contribution in [2.45, 2.75) is 20.3 Å². The van der Waals surface area contributed by atoms with Crippen LogP contribution in [0.3, 0.4) is 0 Å². The summed E-state index contributed by atoms with van der Waals surface area (Å²) in [5, 5.41) is 12.1. The number of aliphatic carboxylic acids is 1. The van der Waals surface area contributed by atoms with E-state index >= 15 is 0 Å². The lowest BCUT2D eigenvalue weighted by molar-refractivity contribution is -0.142. The van der Waals surface area contributed by atoms with Gasteiger partial charge in [0.1, 0.15) is 12.4 Å². The molecule has 2 aromatic rings. The van der Waals surface area contributed by atoms with Gasteiger partial charge in [0, 0.05) is 5.56 Å². The van der Waals surface area contributed by atoms with Crippen LogP contribution in [-0.2, 0) is 16.1 Å². The molecular formula is C22H23NO4. The first-order valence-electron chi connectivity index (χ1n) is 8.70. The number of carboxylic acids is 1. The highest BCUT2D eigenvalue weighted by atomic mass is 16.6. The van der Waals surface area contributed by atoms with Crippen LogP contribution in [0, 0.1) is 17.8 Å². The molecule has 140 valence electrons. The van der Waals surface area contributed by atoms with Gasteiger partial charge in [-0.2, -0.15) is 0 Å². The maximum atomic E-state index is 10.3. The number of benzene rings is 2. The van der Waals surface area contributed by atoms with E-state index in [2.05, 4.69) is 47.8 Å². The second-order valence-electron chi connectivity index (χ2n) is 6.36. The normalized spacial score (nSPS) is 10.5. The Morgan fingerprint density at radius 1 is 1.22 bits per heavy atom. The first kappa shape index (κ1) is 20.1. The van der Waals surface area contributed by atoms with Gasteiger partial charge >= 0.3 is 5.97 Å². The third-order valence-corrected chi connectivity index (χ3v) is 3.46. The molecule has 0 atom stereocenters. The van der Waals surface area contributed by atoms with Gasteiger partial charge in [-0.05, 0) is 47.7 Å². The molecule has 0 amide bonds. The molecule has 5 nitrogen and oxygen atoms in total. The van der Waals surface area contributed by atoms with E-state index in [1.54, 1.807) is 0 Å². The number of hydrogen-bond acceptors (Lipinski definition) is 4. The summed E-state index contributed by atoms with van der Waals surface area (Å²) >= 11 is 0. The van der Waals surface area contributed by atoms with Crippen LogP contribution in [0.25, 0.3) is 0 Å². The maximum absolute atomic E-state index is 10.3. The number of hydrogen-bond donors (Lipinski definition) is 1. The van der Waals surface area contributed by atoms with Crippen LogP contribution in [0.5, 0.6) is 5.75 Å². The lowest BCUT2D eigenvalue weighted by Crippen LogP contribution is -2.03. The van der Waals surface area contributed by atoms with E-state index < -0.39 is 12.6 Å². The Morgan fingerprint density at radius 3 is 2.70 bits per heavy atom. The molecule has 0 aliphatic carbocycles. The zero-order chi connectivity index (χ0) is 19.5. The smallest absolute Gasteiger partial charge is 0.344 e. The quantitative estimate of drug-likeness (QED) is 0.439. The Labute approximate surface area is 159 Å². The molecule has 0 spiro atoms. The van der Waals surface area contributed by atoms with Crippen molar-refractivity contribution >= 4 is 12.2 Å². The number of oxime groups is 1. The van der Waals surface area contributed by atoms with Crippen molar-refractivity contribution < 1.29 is 19.5 Å². The van der Waals surface area contributed by atoms with Gasteiger partial charge in [0.2, 0.25) is 6.61 Å². The monoisotopic (exact) mass is 365 g/mol. The van der Waals surface area contributed by atoms with Crippen LogP contribution in [0.15, 0.2) is 53.7 Å². The zero-order valence-electron chi connectivity index (χ0n) is 15.5. The van der Waals surface area contributed by atoms with Crippen LogP contribution in [0.4, 0.5) is 0 Å². The first-order valence-corrected chi connectivity index (χ1v) is 8.70. The van der Waals surface area contributed by atoms with Crippen LogP contribution in [0.2, 0.25) is 0 Å². The number of rotatable bonds is 8. The van der Waals surface area contributed by atoms with E-state index in [-0.39, 0.29) is 0 Å². The summed E-state index contributed by atoms with van der Waals surface area (Å²) in [5.74, 6) is 6.37. The fraction of sp³-hybridized carbons (Fsp3) is 0.273. The Morgan fingerprint density at radius 2 is 2.00 bits per heavy atom. The van der Waals surface area contributed by atoms with Crippen LogP contribution in [0.1, 0.15) is 30.5 Å². The summed E-state index contributed by atoms with van der Waals surface area (Å²) in [5.41, 5.74) is 2.89. The van der Waals surface area contributed by atoms with Gasteiger partial charge in [0.05, 0.1) is 6.21 Å². The van der Waals surface area contributed by atoms with Crippen LogP contribution >= 0.6 is 0 Å². The summed E-state index contributed by atoms with van der Waals surface area (Å²) in [4.78, 5) is 15.0. The second-order valence-corrected chi connectivity index (χ2v) is 6.36. The Hall–Kier alpha value is -3.26. The van der Waals surface area contributed by atoms with Gasteiger partial charge in [-0.25, -0.2) is 4.79 Å². The molecule has 1 N–H and O–H groups in total. The predicted octanol–water partition coefficient (Wildman–Crippen LogP) is 3.75. The van der Waals surface area contributed by atoms with Gasteiger partial charge in [-0.1, -0.05) is 55.1 Å². The molecule has 27 heavy (non-hydrogen) atoms. The van der Waals surface area contributed by atoms with Crippen molar-refractivity contribution in [3.8, 4) is 17.6 Å². The highest BCUT2D eigenvalue weighted by Crippen LogP contribution is 2.14. The van der Waals surface area contributed by atoms with E-state index in [4.69, 9.17) is 9.84 Å². The topological polar surface area (TPSA) is 68.1 Å². The minimum absolute atomic E-state index is 0.295. The van der Waals surface area contributed by atoms with Crippen molar-refractivity contribution in [3.05, 3.63) is 65.2 Å². The standard InChI is InChI=1S/C22H23NO4/c1-17(2)13-19-8-10-21(11-9-19)26-12-4-7-18-5-3-6-20(14-18)15-23-27-16-22(24)25/h3,5-6,8-11,14-15,17H,12-13,16H2,1-2H3,(H,24,25)/b23-15+. The minimum Gasteiger partial charge on any atom is -0.481 e. The number of carbonyl (C=O) groups is 1. The molecule has 0 unspecified atom stereocenters. The fourth-order valence-corrected chi connectivity index (χ4v) is 2.34. The molecule has 2 rings (SSSR count). The third-order valence-electron chi connectivity index (χ3n) is 3.46. The molecule has 0 aromatic heterocycles. The molecule has 0 radical (unpaired) electrons. The second kappa shape index (κ2) is 10.7. The summed E-state index contributed by atoms with van der Waals surface area (Å²) in [6, 6.07) is 15.5. The van der Waals surface area contributed by atoms with Crippen molar-refractivity contribution in [1.82, 2.24) is 0 Å². The Kier molecular flexibility index (Phi) is 7.92. The molecule has 0 fully saturated rings. The predicted molar refractivity (Wildman–Crippen MR) is 105 cm³/mol. The van der Waals surface area contributed by atoms with E-state index in [0.29, 0.717) is 12.5 Å². The lowest BCUT2D eigenvalue weighted by Gasteiger charge is -2.06. The Bertz CT molecular complexity index is 829. The minimum atomic E-state index is -1.07. The molecular weight excluding hydrogens is 342 g/mol. The fourth-order valence-electron chi connectivity index (χ4n) is 2.34. The summed E-state index contributed by atoms with van der Waals surface area (Å²) in [6.07, 6.45) is 2.50. The largest absolute Gasteiger partial charge is 0.481 e. The molecule has 5 heteroatoms. The molecule has 0 saturated carbocycles. The highest BCUT2D eigenvalue weighted by Gasteiger charge is 1.98. The average Bonchev–Trinajstić information content (AvgIpc) is 2.63. The average molecular weight is 365 g/mol. The van der Waals surface area contributed by atoms with Crippen molar-refractivity contribution in [2.75, 3.05) is 13.2 Å². The molecule has 0 saturated heterocycles. The lowest BCUT2D eigenvalue weighted by atomic mass is 10.0. The molecule has 2 aromatic carbocycles.